The molecule has 0 radical (unpaired) electrons. The summed E-state index contributed by atoms with van der Waals surface area (Å²) in [6, 6.07) is 14.6. The summed E-state index contributed by atoms with van der Waals surface area (Å²) in [6.45, 7) is 1.96. The van der Waals surface area contributed by atoms with E-state index in [0.29, 0.717) is 17.2 Å². The van der Waals surface area contributed by atoms with E-state index in [2.05, 4.69) is 10.2 Å². The number of rotatable bonds is 5. The van der Waals surface area contributed by atoms with E-state index in [0.717, 1.165) is 11.1 Å². The SMILES string of the molecule is Cc1ccc(C(=O)COc2cccc(-c3nnco3)c2)cc1. The molecule has 0 N–H and O–H groups in total. The molecule has 1 aromatic heterocycles. The minimum Gasteiger partial charge on any atom is -0.485 e. The van der Waals surface area contributed by atoms with Crippen molar-refractivity contribution in [2.75, 3.05) is 6.61 Å². The Hall–Kier alpha value is -2.95. The number of nitrogens with zero attached hydrogens (tertiary/aromatic N) is 2. The number of aromatic nitrogens is 2. The lowest BCUT2D eigenvalue weighted by Crippen LogP contribution is -2.11. The van der Waals surface area contributed by atoms with Crippen LogP contribution >= 0.6 is 0 Å². The Balaban J connectivity index is 1.67. The van der Waals surface area contributed by atoms with Crippen molar-refractivity contribution in [1.29, 1.82) is 0 Å². The minimum atomic E-state index is -0.0665. The molecule has 0 unspecified atom stereocenters. The summed E-state index contributed by atoms with van der Waals surface area (Å²) in [4.78, 5) is 12.1. The number of hydrogen-bond donors (Lipinski definition) is 0. The van der Waals surface area contributed by atoms with Gasteiger partial charge in [-0.3, -0.25) is 4.79 Å². The highest BCUT2D eigenvalue weighted by molar-refractivity contribution is 5.97. The fourth-order valence-corrected chi connectivity index (χ4v) is 1.99. The molecule has 5 nitrogen and oxygen atoms in total. The Morgan fingerprint density at radius 2 is 2.00 bits per heavy atom. The van der Waals surface area contributed by atoms with Crippen LogP contribution in [0.5, 0.6) is 5.75 Å². The van der Waals surface area contributed by atoms with Gasteiger partial charge in [-0.25, -0.2) is 0 Å². The maximum atomic E-state index is 12.1. The largest absolute Gasteiger partial charge is 0.485 e. The monoisotopic (exact) mass is 294 g/mol. The van der Waals surface area contributed by atoms with Gasteiger partial charge in [0, 0.05) is 11.1 Å². The predicted octanol–water partition coefficient (Wildman–Crippen LogP) is 3.31. The van der Waals surface area contributed by atoms with E-state index in [9.17, 15) is 4.79 Å². The summed E-state index contributed by atoms with van der Waals surface area (Å²) in [5, 5.41) is 7.48. The lowest BCUT2D eigenvalue weighted by atomic mass is 10.1. The first-order valence-corrected chi connectivity index (χ1v) is 6.81. The van der Waals surface area contributed by atoms with Crippen molar-refractivity contribution >= 4 is 5.78 Å². The van der Waals surface area contributed by atoms with Crippen molar-refractivity contribution in [3.8, 4) is 17.2 Å². The summed E-state index contributed by atoms with van der Waals surface area (Å²) in [7, 11) is 0. The molecule has 5 heteroatoms. The van der Waals surface area contributed by atoms with Crippen molar-refractivity contribution in [3.05, 3.63) is 66.1 Å². The average molecular weight is 294 g/mol. The maximum Gasteiger partial charge on any atom is 0.247 e. The molecule has 110 valence electrons. The van der Waals surface area contributed by atoms with Crippen LogP contribution in [-0.4, -0.2) is 22.6 Å². The molecule has 0 aliphatic carbocycles. The van der Waals surface area contributed by atoms with Gasteiger partial charge in [0.15, 0.2) is 12.4 Å². The second-order valence-electron chi connectivity index (χ2n) is 4.85. The molecule has 3 rings (SSSR count). The topological polar surface area (TPSA) is 65.2 Å². The smallest absolute Gasteiger partial charge is 0.247 e. The molecule has 0 saturated heterocycles. The second-order valence-corrected chi connectivity index (χ2v) is 4.85. The molecule has 0 aliphatic rings. The van der Waals surface area contributed by atoms with Gasteiger partial charge in [0.1, 0.15) is 5.75 Å². The molecule has 2 aromatic carbocycles. The molecule has 0 atom stereocenters. The van der Waals surface area contributed by atoms with Gasteiger partial charge >= 0.3 is 0 Å². The van der Waals surface area contributed by atoms with E-state index < -0.39 is 0 Å². The summed E-state index contributed by atoms with van der Waals surface area (Å²) in [6.07, 6.45) is 1.27. The van der Waals surface area contributed by atoms with Crippen LogP contribution in [0.4, 0.5) is 0 Å². The third-order valence-electron chi connectivity index (χ3n) is 3.18. The van der Waals surface area contributed by atoms with E-state index in [1.54, 1.807) is 24.3 Å². The molecule has 0 spiro atoms. The van der Waals surface area contributed by atoms with Crippen LogP contribution in [-0.2, 0) is 0 Å². The molecule has 0 fully saturated rings. The van der Waals surface area contributed by atoms with Crippen molar-refractivity contribution in [2.45, 2.75) is 6.92 Å². The van der Waals surface area contributed by atoms with E-state index in [-0.39, 0.29) is 12.4 Å². The summed E-state index contributed by atoms with van der Waals surface area (Å²) >= 11 is 0. The zero-order chi connectivity index (χ0) is 15.4. The molecule has 22 heavy (non-hydrogen) atoms. The van der Waals surface area contributed by atoms with Crippen LogP contribution in [0.2, 0.25) is 0 Å². The first kappa shape index (κ1) is 14.0. The molecule has 0 saturated carbocycles. The van der Waals surface area contributed by atoms with Gasteiger partial charge in [0.25, 0.3) is 0 Å². The van der Waals surface area contributed by atoms with Crippen LogP contribution in [0.15, 0.2) is 59.3 Å². The highest BCUT2D eigenvalue weighted by atomic mass is 16.5. The number of aryl methyl sites for hydroxylation is 1. The highest BCUT2D eigenvalue weighted by Crippen LogP contribution is 2.21. The number of Topliss-reactive ketones (excluding diaryl/α,β-unsaturated/α-hetero) is 1. The quantitative estimate of drug-likeness (QED) is 0.675. The number of benzene rings is 2. The molecular weight excluding hydrogens is 280 g/mol. The van der Waals surface area contributed by atoms with Gasteiger partial charge in [-0.15, -0.1) is 10.2 Å². The number of carbonyl (C=O) groups is 1. The average Bonchev–Trinajstić information content (AvgIpc) is 3.08. The Kier molecular flexibility index (Phi) is 3.96. The summed E-state index contributed by atoms with van der Waals surface area (Å²) in [5.74, 6) is 0.926. The van der Waals surface area contributed by atoms with Gasteiger partial charge < -0.3 is 9.15 Å². The summed E-state index contributed by atoms with van der Waals surface area (Å²) in [5.41, 5.74) is 2.50. The lowest BCUT2D eigenvalue weighted by Gasteiger charge is -2.06. The number of ether oxygens (including phenoxy) is 1. The van der Waals surface area contributed by atoms with Crippen LogP contribution in [0, 0.1) is 6.92 Å². The van der Waals surface area contributed by atoms with Crippen molar-refractivity contribution in [2.24, 2.45) is 0 Å². The molecule has 0 bridgehead atoms. The van der Waals surface area contributed by atoms with Crippen LogP contribution in [0.3, 0.4) is 0 Å². The predicted molar refractivity (Wildman–Crippen MR) is 80.7 cm³/mol. The van der Waals surface area contributed by atoms with E-state index in [1.165, 1.54) is 6.39 Å². The Morgan fingerprint density at radius 3 is 2.73 bits per heavy atom. The van der Waals surface area contributed by atoms with E-state index in [4.69, 9.17) is 9.15 Å². The first-order chi connectivity index (χ1) is 10.7. The molecule has 0 amide bonds. The zero-order valence-corrected chi connectivity index (χ0v) is 12.0. The molecular formula is C17H14N2O3. The van der Waals surface area contributed by atoms with Crippen molar-refractivity contribution in [1.82, 2.24) is 10.2 Å². The van der Waals surface area contributed by atoms with E-state index in [1.807, 2.05) is 31.2 Å². The van der Waals surface area contributed by atoms with E-state index >= 15 is 0 Å². The van der Waals surface area contributed by atoms with Crippen LogP contribution in [0.1, 0.15) is 15.9 Å². The van der Waals surface area contributed by atoms with Gasteiger partial charge in [-0.05, 0) is 25.1 Å². The molecule has 0 aliphatic heterocycles. The van der Waals surface area contributed by atoms with Gasteiger partial charge in [-0.1, -0.05) is 35.9 Å². The highest BCUT2D eigenvalue weighted by Gasteiger charge is 2.08. The Labute approximate surface area is 127 Å². The van der Waals surface area contributed by atoms with Gasteiger partial charge in [-0.2, -0.15) is 0 Å². The fraction of sp³-hybridized carbons (Fsp3) is 0.118. The number of ketones is 1. The van der Waals surface area contributed by atoms with Gasteiger partial charge in [0.2, 0.25) is 12.3 Å². The van der Waals surface area contributed by atoms with Crippen molar-refractivity contribution in [3.63, 3.8) is 0 Å². The standard InChI is InChI=1S/C17H14N2O3/c1-12-5-7-13(8-6-12)16(20)10-21-15-4-2-3-14(9-15)17-19-18-11-22-17/h2-9,11H,10H2,1H3. The summed E-state index contributed by atoms with van der Waals surface area (Å²) < 4.78 is 10.7. The van der Waals surface area contributed by atoms with Crippen molar-refractivity contribution < 1.29 is 13.9 Å². The van der Waals surface area contributed by atoms with Crippen LogP contribution < -0.4 is 4.74 Å². The minimum absolute atomic E-state index is 0.0175. The zero-order valence-electron chi connectivity index (χ0n) is 12.0. The lowest BCUT2D eigenvalue weighted by molar-refractivity contribution is 0.0921. The van der Waals surface area contributed by atoms with Gasteiger partial charge in [0.05, 0.1) is 0 Å². The molecule has 1 heterocycles. The molecule has 3 aromatic rings. The maximum absolute atomic E-state index is 12.1. The Morgan fingerprint density at radius 1 is 1.18 bits per heavy atom. The normalized spacial score (nSPS) is 10.4. The second kappa shape index (κ2) is 6.22. The van der Waals surface area contributed by atoms with Crippen LogP contribution in [0.25, 0.3) is 11.5 Å². The first-order valence-electron chi connectivity index (χ1n) is 6.81. The third kappa shape index (κ3) is 3.20. The third-order valence-corrected chi connectivity index (χ3v) is 3.18. The number of carbonyl (C=O) groups excluding carboxylic acids is 1. The fourth-order valence-electron chi connectivity index (χ4n) is 1.99. The Bertz CT molecular complexity index is 765. The number of hydrogen-bond acceptors (Lipinski definition) is 5.